The third kappa shape index (κ3) is 5.30. The molecule has 0 saturated carbocycles. The Morgan fingerprint density at radius 3 is 2.79 bits per heavy atom. The number of benzene rings is 1. The molecule has 1 fully saturated rings. The molecule has 1 saturated heterocycles. The number of ether oxygens (including phenoxy) is 1. The van der Waals surface area contributed by atoms with Crippen molar-refractivity contribution >= 4 is 11.8 Å². The summed E-state index contributed by atoms with van der Waals surface area (Å²) < 4.78 is 19.2. The molecule has 2 amide bonds. The van der Waals surface area contributed by atoms with Gasteiger partial charge in [0.1, 0.15) is 5.82 Å². The number of halogens is 1. The predicted octanol–water partition coefficient (Wildman–Crippen LogP) is 2.36. The van der Waals surface area contributed by atoms with E-state index in [0.29, 0.717) is 13.1 Å². The molecule has 1 aliphatic heterocycles. The Labute approximate surface area is 142 Å². The van der Waals surface area contributed by atoms with Gasteiger partial charge in [0, 0.05) is 32.7 Å². The number of likely N-dealkylation sites (N-methyl/N-ethyl adjacent to an activating group) is 1. The third-order valence-corrected chi connectivity index (χ3v) is 4.18. The second kappa shape index (κ2) is 9.37. The summed E-state index contributed by atoms with van der Waals surface area (Å²) in [6, 6.07) is 5.79. The lowest BCUT2D eigenvalue weighted by molar-refractivity contribution is -0.133. The van der Waals surface area contributed by atoms with Crippen LogP contribution in [0.1, 0.15) is 43.0 Å². The van der Waals surface area contributed by atoms with E-state index in [4.69, 9.17) is 4.74 Å². The number of nitrogens with zero attached hydrogens (tertiary/aromatic N) is 1. The molecule has 0 spiro atoms. The molecule has 1 aromatic rings. The summed E-state index contributed by atoms with van der Waals surface area (Å²) in [7, 11) is 0. The van der Waals surface area contributed by atoms with Crippen LogP contribution >= 0.6 is 0 Å². The minimum absolute atomic E-state index is 0.00657. The van der Waals surface area contributed by atoms with Crippen molar-refractivity contribution in [1.29, 1.82) is 0 Å². The molecule has 5 nitrogen and oxygen atoms in total. The van der Waals surface area contributed by atoms with Crippen molar-refractivity contribution in [3.05, 3.63) is 35.6 Å². The SMILES string of the molecule is CCN(C[C@@H]1CCCCO1)C(=O)CCNC(=O)c1ccccc1F. The van der Waals surface area contributed by atoms with Crippen LogP contribution in [0.4, 0.5) is 4.39 Å². The van der Waals surface area contributed by atoms with Crippen LogP contribution < -0.4 is 5.32 Å². The molecule has 24 heavy (non-hydrogen) atoms. The number of carbonyl (C=O) groups excluding carboxylic acids is 2. The lowest BCUT2D eigenvalue weighted by atomic mass is 10.1. The van der Waals surface area contributed by atoms with E-state index in [1.54, 1.807) is 11.0 Å². The standard InChI is InChI=1S/C18H25FN2O3/c1-2-21(13-14-7-5-6-12-24-14)17(22)10-11-20-18(23)15-8-3-4-9-16(15)19/h3-4,8-9,14H,2,5-7,10-13H2,1H3,(H,20,23)/t14-/m0/s1. The lowest BCUT2D eigenvalue weighted by Gasteiger charge is -2.29. The molecular weight excluding hydrogens is 311 g/mol. The van der Waals surface area contributed by atoms with Gasteiger partial charge in [-0.2, -0.15) is 0 Å². The Balaban J connectivity index is 1.76. The summed E-state index contributed by atoms with van der Waals surface area (Å²) in [4.78, 5) is 25.9. The minimum Gasteiger partial charge on any atom is -0.376 e. The highest BCUT2D eigenvalue weighted by Crippen LogP contribution is 2.14. The average molecular weight is 336 g/mol. The van der Waals surface area contributed by atoms with Crippen LogP contribution in [0.2, 0.25) is 0 Å². The molecule has 0 unspecified atom stereocenters. The van der Waals surface area contributed by atoms with Crippen molar-refractivity contribution in [2.45, 2.75) is 38.7 Å². The molecule has 1 N–H and O–H groups in total. The Hall–Kier alpha value is -1.95. The lowest BCUT2D eigenvalue weighted by Crippen LogP contribution is -2.41. The fourth-order valence-electron chi connectivity index (χ4n) is 2.79. The van der Waals surface area contributed by atoms with Crippen molar-refractivity contribution in [2.24, 2.45) is 0 Å². The first-order valence-electron chi connectivity index (χ1n) is 8.54. The van der Waals surface area contributed by atoms with Crippen molar-refractivity contribution in [3.8, 4) is 0 Å². The van der Waals surface area contributed by atoms with Crippen molar-refractivity contribution in [2.75, 3.05) is 26.2 Å². The first-order chi connectivity index (χ1) is 11.6. The quantitative estimate of drug-likeness (QED) is 0.832. The first kappa shape index (κ1) is 18.4. The predicted molar refractivity (Wildman–Crippen MR) is 89.2 cm³/mol. The van der Waals surface area contributed by atoms with Gasteiger partial charge >= 0.3 is 0 Å². The maximum absolute atomic E-state index is 13.5. The monoisotopic (exact) mass is 336 g/mol. The zero-order chi connectivity index (χ0) is 17.4. The molecule has 1 atom stereocenters. The van der Waals surface area contributed by atoms with Crippen molar-refractivity contribution < 1.29 is 18.7 Å². The number of hydrogen-bond acceptors (Lipinski definition) is 3. The van der Waals surface area contributed by atoms with E-state index >= 15 is 0 Å². The zero-order valence-corrected chi connectivity index (χ0v) is 14.1. The molecule has 0 aliphatic carbocycles. The molecule has 0 radical (unpaired) electrons. The summed E-state index contributed by atoms with van der Waals surface area (Å²) in [6.45, 7) is 4.08. The van der Waals surface area contributed by atoms with Crippen LogP contribution in [0.25, 0.3) is 0 Å². The summed E-state index contributed by atoms with van der Waals surface area (Å²) in [5.41, 5.74) is -0.00657. The summed E-state index contributed by atoms with van der Waals surface area (Å²) in [5, 5.41) is 2.60. The highest BCUT2D eigenvalue weighted by Gasteiger charge is 2.20. The van der Waals surface area contributed by atoms with Gasteiger partial charge in [-0.3, -0.25) is 9.59 Å². The fourth-order valence-corrected chi connectivity index (χ4v) is 2.79. The Bertz CT molecular complexity index is 559. The summed E-state index contributed by atoms with van der Waals surface area (Å²) in [6.07, 6.45) is 3.50. The van der Waals surface area contributed by atoms with E-state index in [2.05, 4.69) is 5.32 Å². The maximum atomic E-state index is 13.5. The molecule has 6 heteroatoms. The van der Waals surface area contributed by atoms with Gasteiger partial charge < -0.3 is 15.0 Å². The van der Waals surface area contributed by atoms with Crippen LogP contribution in [0.5, 0.6) is 0 Å². The molecule has 0 aromatic heterocycles. The third-order valence-electron chi connectivity index (χ3n) is 4.18. The van der Waals surface area contributed by atoms with Gasteiger partial charge in [0.25, 0.3) is 5.91 Å². The van der Waals surface area contributed by atoms with Crippen molar-refractivity contribution in [3.63, 3.8) is 0 Å². The van der Waals surface area contributed by atoms with Crippen LogP contribution in [-0.4, -0.2) is 49.1 Å². The second-order valence-corrected chi connectivity index (χ2v) is 5.91. The van der Waals surface area contributed by atoms with Gasteiger partial charge in [0.15, 0.2) is 0 Å². The van der Waals surface area contributed by atoms with Crippen LogP contribution in [0.15, 0.2) is 24.3 Å². The molecule has 1 heterocycles. The van der Waals surface area contributed by atoms with Crippen molar-refractivity contribution in [1.82, 2.24) is 10.2 Å². The normalized spacial score (nSPS) is 17.3. The number of amides is 2. The highest BCUT2D eigenvalue weighted by molar-refractivity contribution is 5.94. The second-order valence-electron chi connectivity index (χ2n) is 5.91. The number of hydrogen-bond donors (Lipinski definition) is 1. The zero-order valence-electron chi connectivity index (χ0n) is 14.1. The van der Waals surface area contributed by atoms with Crippen LogP contribution in [0, 0.1) is 5.82 Å². The summed E-state index contributed by atoms with van der Waals surface area (Å²) >= 11 is 0. The van der Waals surface area contributed by atoms with Crippen LogP contribution in [-0.2, 0) is 9.53 Å². The van der Waals surface area contributed by atoms with E-state index in [0.717, 1.165) is 25.9 Å². The number of carbonyl (C=O) groups is 2. The fraction of sp³-hybridized carbons (Fsp3) is 0.556. The smallest absolute Gasteiger partial charge is 0.254 e. The Kier molecular flexibility index (Phi) is 7.18. The van der Waals surface area contributed by atoms with Gasteiger partial charge in [-0.25, -0.2) is 4.39 Å². The molecule has 2 rings (SSSR count). The van der Waals surface area contributed by atoms with Gasteiger partial charge in [0.2, 0.25) is 5.91 Å². The minimum atomic E-state index is -0.564. The molecule has 1 aromatic carbocycles. The average Bonchev–Trinajstić information content (AvgIpc) is 2.60. The molecule has 1 aliphatic rings. The largest absolute Gasteiger partial charge is 0.376 e. The Morgan fingerprint density at radius 2 is 2.12 bits per heavy atom. The number of nitrogens with one attached hydrogen (secondary N) is 1. The van der Waals surface area contributed by atoms with Crippen LogP contribution in [0.3, 0.4) is 0 Å². The summed E-state index contributed by atoms with van der Waals surface area (Å²) in [5.74, 6) is -1.09. The van der Waals surface area contributed by atoms with E-state index in [1.165, 1.54) is 18.2 Å². The first-order valence-corrected chi connectivity index (χ1v) is 8.54. The highest BCUT2D eigenvalue weighted by atomic mass is 19.1. The van der Waals surface area contributed by atoms with E-state index in [9.17, 15) is 14.0 Å². The number of rotatable bonds is 7. The van der Waals surface area contributed by atoms with Gasteiger partial charge in [-0.05, 0) is 38.3 Å². The van der Waals surface area contributed by atoms with Gasteiger partial charge in [0.05, 0.1) is 11.7 Å². The Morgan fingerprint density at radius 1 is 1.33 bits per heavy atom. The maximum Gasteiger partial charge on any atom is 0.254 e. The molecular formula is C18H25FN2O3. The van der Waals surface area contributed by atoms with E-state index in [1.807, 2.05) is 6.92 Å². The van der Waals surface area contributed by atoms with E-state index < -0.39 is 11.7 Å². The van der Waals surface area contributed by atoms with Gasteiger partial charge in [-0.1, -0.05) is 12.1 Å². The molecule has 0 bridgehead atoms. The van der Waals surface area contributed by atoms with Gasteiger partial charge in [-0.15, -0.1) is 0 Å². The molecule has 132 valence electrons. The van der Waals surface area contributed by atoms with E-state index in [-0.39, 0.29) is 30.5 Å². The topological polar surface area (TPSA) is 58.6 Å².